The molecule has 1 N–H and O–H groups in total. The van der Waals surface area contributed by atoms with Gasteiger partial charge < -0.3 is 14.3 Å². The van der Waals surface area contributed by atoms with Crippen LogP contribution in [0.3, 0.4) is 0 Å². The average molecular weight is 350 g/mol. The van der Waals surface area contributed by atoms with E-state index in [2.05, 4.69) is 11.8 Å². The highest BCUT2D eigenvalue weighted by molar-refractivity contribution is 5.82. The highest BCUT2D eigenvalue weighted by Gasteiger charge is 2.45. The molecule has 0 amide bonds. The number of carbonyl (C=O) groups is 1. The Balaban J connectivity index is 2.66. The molecule has 1 heterocycles. The zero-order chi connectivity index (χ0) is 19.3. The molecule has 0 saturated carbocycles. The summed E-state index contributed by atoms with van der Waals surface area (Å²) in [5, 5.41) is 10.2. The van der Waals surface area contributed by atoms with Gasteiger partial charge in [-0.25, -0.2) is 0 Å². The summed E-state index contributed by atoms with van der Waals surface area (Å²) in [6.45, 7) is 3.75. The first-order valence-electron chi connectivity index (χ1n) is 8.27. The molecule has 0 aliphatic heterocycles. The average Bonchev–Trinajstić information content (AvgIpc) is 3.06. The summed E-state index contributed by atoms with van der Waals surface area (Å²) >= 11 is 0. The second-order valence-corrected chi connectivity index (χ2v) is 6.42. The number of terminal acetylenes is 2. The summed E-state index contributed by atoms with van der Waals surface area (Å²) in [6.07, 6.45) is 12.9. The summed E-state index contributed by atoms with van der Waals surface area (Å²) in [4.78, 5) is 12.4. The van der Waals surface area contributed by atoms with Crippen molar-refractivity contribution in [2.45, 2.75) is 32.1 Å². The van der Waals surface area contributed by atoms with Gasteiger partial charge in [-0.15, -0.1) is 18.8 Å². The van der Waals surface area contributed by atoms with E-state index in [9.17, 15) is 9.90 Å². The molecule has 26 heavy (non-hydrogen) atoms. The molecule has 0 aliphatic carbocycles. The van der Waals surface area contributed by atoms with Gasteiger partial charge in [0, 0.05) is 18.4 Å². The fourth-order valence-electron chi connectivity index (χ4n) is 3.25. The minimum Gasteiger partial charge on any atom is -0.496 e. The standard InChI is InChI=1S/C22H22O4/c1-6-8-17-13-18(9-10-19(17)25-5)22(15(3)4,21(23)24)14-20-16(7-2)11-12-26-20/h1-2,9-13,15H,8,14H2,3-5H3,(H,23,24). The first kappa shape index (κ1) is 19.2. The summed E-state index contributed by atoms with van der Waals surface area (Å²) in [6, 6.07) is 7.00. The lowest BCUT2D eigenvalue weighted by Crippen LogP contribution is -2.43. The van der Waals surface area contributed by atoms with E-state index in [4.69, 9.17) is 22.0 Å². The maximum absolute atomic E-state index is 12.4. The van der Waals surface area contributed by atoms with E-state index in [1.165, 1.54) is 6.26 Å². The van der Waals surface area contributed by atoms with Crippen LogP contribution in [0.15, 0.2) is 34.9 Å². The van der Waals surface area contributed by atoms with Crippen molar-refractivity contribution in [3.63, 3.8) is 0 Å². The second-order valence-electron chi connectivity index (χ2n) is 6.42. The fourth-order valence-corrected chi connectivity index (χ4v) is 3.25. The van der Waals surface area contributed by atoms with E-state index in [0.717, 1.165) is 5.56 Å². The number of carboxylic acid groups (broad SMARTS) is 1. The van der Waals surface area contributed by atoms with Crippen molar-refractivity contribution < 1.29 is 19.1 Å². The lowest BCUT2D eigenvalue weighted by atomic mass is 9.68. The van der Waals surface area contributed by atoms with Crippen molar-refractivity contribution in [3.8, 4) is 30.4 Å². The molecule has 1 aromatic heterocycles. The first-order valence-corrected chi connectivity index (χ1v) is 8.27. The Morgan fingerprint density at radius 2 is 2.08 bits per heavy atom. The maximum Gasteiger partial charge on any atom is 0.314 e. The third kappa shape index (κ3) is 3.32. The van der Waals surface area contributed by atoms with E-state index in [-0.39, 0.29) is 12.3 Å². The monoisotopic (exact) mass is 350 g/mol. The van der Waals surface area contributed by atoms with Crippen molar-refractivity contribution in [2.75, 3.05) is 7.11 Å². The molecule has 0 aliphatic rings. The van der Waals surface area contributed by atoms with Gasteiger partial charge >= 0.3 is 5.97 Å². The number of aliphatic carboxylic acids is 1. The number of hydrogen-bond donors (Lipinski definition) is 1. The van der Waals surface area contributed by atoms with Crippen molar-refractivity contribution in [1.82, 2.24) is 0 Å². The lowest BCUT2D eigenvalue weighted by molar-refractivity contribution is -0.146. The molecule has 0 fully saturated rings. The molecular formula is C22H22O4. The summed E-state index contributed by atoms with van der Waals surface area (Å²) in [5.41, 5.74) is 0.772. The van der Waals surface area contributed by atoms with Gasteiger partial charge in [0.1, 0.15) is 16.9 Å². The second kappa shape index (κ2) is 7.85. The van der Waals surface area contributed by atoms with Crippen molar-refractivity contribution in [2.24, 2.45) is 5.92 Å². The quantitative estimate of drug-likeness (QED) is 0.774. The minimum absolute atomic E-state index is 0.147. The number of methoxy groups -OCH3 is 1. The number of carboxylic acids is 1. The molecule has 1 unspecified atom stereocenters. The number of furan rings is 1. The van der Waals surface area contributed by atoms with Crippen LogP contribution in [0.4, 0.5) is 0 Å². The topological polar surface area (TPSA) is 59.7 Å². The van der Waals surface area contributed by atoms with Crippen LogP contribution in [-0.2, 0) is 23.1 Å². The van der Waals surface area contributed by atoms with Crippen molar-refractivity contribution >= 4 is 5.97 Å². The molecule has 2 aromatic rings. The SMILES string of the molecule is C#CCc1cc(C(Cc2occc2C#C)(C(=O)O)C(C)C)ccc1OC. The highest BCUT2D eigenvalue weighted by atomic mass is 16.5. The molecule has 1 aromatic carbocycles. The van der Waals surface area contributed by atoms with Crippen LogP contribution in [0.5, 0.6) is 5.75 Å². The Labute approximate surface area is 154 Å². The molecular weight excluding hydrogens is 328 g/mol. The van der Waals surface area contributed by atoms with Gasteiger partial charge in [-0.05, 0) is 29.7 Å². The van der Waals surface area contributed by atoms with E-state index >= 15 is 0 Å². The van der Waals surface area contributed by atoms with Crippen LogP contribution >= 0.6 is 0 Å². The zero-order valence-electron chi connectivity index (χ0n) is 15.2. The van der Waals surface area contributed by atoms with Crippen LogP contribution in [0.2, 0.25) is 0 Å². The zero-order valence-corrected chi connectivity index (χ0v) is 15.2. The molecule has 134 valence electrons. The van der Waals surface area contributed by atoms with Gasteiger partial charge in [0.25, 0.3) is 0 Å². The van der Waals surface area contributed by atoms with Gasteiger partial charge in [0.2, 0.25) is 0 Å². The van der Waals surface area contributed by atoms with Gasteiger partial charge in [-0.3, -0.25) is 4.79 Å². The van der Waals surface area contributed by atoms with Crippen molar-refractivity contribution in [3.05, 3.63) is 53.0 Å². The summed E-state index contributed by atoms with van der Waals surface area (Å²) in [5.74, 6) is 5.09. The minimum atomic E-state index is -1.21. The van der Waals surface area contributed by atoms with Gasteiger partial charge in [0.15, 0.2) is 0 Å². The number of hydrogen-bond acceptors (Lipinski definition) is 3. The third-order valence-electron chi connectivity index (χ3n) is 4.80. The summed E-state index contributed by atoms with van der Waals surface area (Å²) < 4.78 is 10.8. The third-order valence-corrected chi connectivity index (χ3v) is 4.80. The van der Waals surface area contributed by atoms with E-state index in [1.807, 2.05) is 19.9 Å². The van der Waals surface area contributed by atoms with Crippen LogP contribution in [0.25, 0.3) is 0 Å². The molecule has 0 spiro atoms. The van der Waals surface area contributed by atoms with E-state index < -0.39 is 11.4 Å². The Kier molecular flexibility index (Phi) is 5.80. The molecule has 0 saturated heterocycles. The number of benzene rings is 1. The predicted octanol–water partition coefficient (Wildman–Crippen LogP) is 3.67. The Hall–Kier alpha value is -3.11. The molecule has 0 bridgehead atoms. The van der Waals surface area contributed by atoms with Gasteiger partial charge in [0.05, 0.1) is 18.9 Å². The Morgan fingerprint density at radius 3 is 2.62 bits per heavy atom. The molecule has 1 atom stereocenters. The molecule has 4 nitrogen and oxygen atoms in total. The Morgan fingerprint density at radius 1 is 1.35 bits per heavy atom. The smallest absolute Gasteiger partial charge is 0.314 e. The normalized spacial score (nSPS) is 12.8. The number of rotatable bonds is 7. The summed E-state index contributed by atoms with van der Waals surface area (Å²) in [7, 11) is 1.56. The van der Waals surface area contributed by atoms with Gasteiger partial charge in [-0.2, -0.15) is 0 Å². The largest absolute Gasteiger partial charge is 0.496 e. The van der Waals surface area contributed by atoms with E-state index in [1.54, 1.807) is 25.3 Å². The fraction of sp³-hybridized carbons (Fsp3) is 0.318. The van der Waals surface area contributed by atoms with Gasteiger partial charge in [-0.1, -0.05) is 25.8 Å². The van der Waals surface area contributed by atoms with Crippen LogP contribution in [0, 0.1) is 30.6 Å². The van der Waals surface area contributed by atoms with Crippen LogP contribution in [-0.4, -0.2) is 18.2 Å². The lowest BCUT2D eigenvalue weighted by Gasteiger charge is -2.34. The highest BCUT2D eigenvalue weighted by Crippen LogP contribution is 2.39. The number of ether oxygens (including phenoxy) is 1. The van der Waals surface area contributed by atoms with E-state index in [0.29, 0.717) is 29.1 Å². The van der Waals surface area contributed by atoms with Crippen LogP contribution in [0.1, 0.15) is 36.3 Å². The first-order chi connectivity index (χ1) is 12.4. The predicted molar refractivity (Wildman–Crippen MR) is 100 cm³/mol. The van der Waals surface area contributed by atoms with Crippen LogP contribution < -0.4 is 4.74 Å². The molecule has 2 rings (SSSR count). The molecule has 0 radical (unpaired) electrons. The molecule has 4 heteroatoms. The van der Waals surface area contributed by atoms with Crippen molar-refractivity contribution in [1.29, 1.82) is 0 Å². The Bertz CT molecular complexity index is 876. The maximum atomic E-state index is 12.4.